The fourth-order valence-electron chi connectivity index (χ4n) is 1.92. The summed E-state index contributed by atoms with van der Waals surface area (Å²) in [6, 6.07) is 0. The molecule has 0 spiro atoms. The Morgan fingerprint density at radius 2 is 2.21 bits per heavy atom. The molecule has 0 aromatic heterocycles. The second kappa shape index (κ2) is 3.70. The van der Waals surface area contributed by atoms with E-state index in [0.717, 1.165) is 6.42 Å². The van der Waals surface area contributed by atoms with E-state index < -0.39 is 0 Å². The Balaban J connectivity index is 2.26. The molecule has 0 radical (unpaired) electrons. The number of carbonyl (C=O) groups excluding carboxylic acids is 1. The zero-order chi connectivity index (χ0) is 10.1. The van der Waals surface area contributed by atoms with Crippen molar-refractivity contribution >= 4 is 23.1 Å². The summed E-state index contributed by atoms with van der Waals surface area (Å²) in [5, 5.41) is 0. The minimum Gasteiger partial charge on any atom is -0.293 e. The number of rotatable bonds is 1. The first-order chi connectivity index (χ1) is 6.68. The average Bonchev–Trinajstić information content (AvgIpc) is 2.17. The van der Waals surface area contributed by atoms with Crippen LogP contribution >= 0.6 is 11.6 Å². The maximum absolute atomic E-state index is 11.2. The van der Waals surface area contributed by atoms with E-state index in [2.05, 4.69) is 17.1 Å². The van der Waals surface area contributed by atoms with Gasteiger partial charge in [0.15, 0.2) is 5.78 Å². The number of nitrogens with zero attached hydrogens (tertiary/aromatic N) is 1. The highest BCUT2D eigenvalue weighted by molar-refractivity contribution is 6.40. The first-order valence-corrected chi connectivity index (χ1v) is 5.19. The van der Waals surface area contributed by atoms with Crippen LogP contribution in [0.25, 0.3) is 0 Å². The normalized spacial score (nSPS) is 35.0. The minimum atomic E-state index is -0.283. The van der Waals surface area contributed by atoms with Gasteiger partial charge in [-0.1, -0.05) is 35.9 Å². The molecule has 0 bridgehead atoms. The van der Waals surface area contributed by atoms with E-state index in [1.807, 2.05) is 12.2 Å². The monoisotopic (exact) mass is 209 g/mol. The molecule has 0 saturated carbocycles. The number of allylic oxidation sites excluding steroid dienone is 3. The Hall–Kier alpha value is -0.890. The lowest BCUT2D eigenvalue weighted by molar-refractivity contribution is -0.111. The standard InChI is InChI=1S/C11H12ClNO/c1-7(14)10-6-8-4-2-3-5-9(8)11(12)13-10/h2-5,8-9,11H,6H2,1H3. The number of hydrogen-bond acceptors (Lipinski definition) is 2. The molecule has 1 heterocycles. The smallest absolute Gasteiger partial charge is 0.173 e. The largest absolute Gasteiger partial charge is 0.293 e. The Morgan fingerprint density at radius 3 is 2.93 bits per heavy atom. The Bertz CT molecular complexity index is 343. The van der Waals surface area contributed by atoms with Gasteiger partial charge in [-0.3, -0.25) is 9.79 Å². The second-order valence-corrected chi connectivity index (χ2v) is 4.17. The van der Waals surface area contributed by atoms with Crippen LogP contribution in [0.15, 0.2) is 29.3 Å². The van der Waals surface area contributed by atoms with E-state index in [1.54, 1.807) is 6.92 Å². The van der Waals surface area contributed by atoms with Crippen molar-refractivity contribution < 1.29 is 4.79 Å². The van der Waals surface area contributed by atoms with Crippen LogP contribution in [-0.4, -0.2) is 17.0 Å². The van der Waals surface area contributed by atoms with Gasteiger partial charge in [0.05, 0.1) is 5.71 Å². The van der Waals surface area contributed by atoms with Crippen LogP contribution in [0.4, 0.5) is 0 Å². The minimum absolute atomic E-state index is 0.0389. The van der Waals surface area contributed by atoms with Gasteiger partial charge < -0.3 is 0 Å². The van der Waals surface area contributed by atoms with Gasteiger partial charge in [0.1, 0.15) is 5.50 Å². The van der Waals surface area contributed by atoms with Crippen molar-refractivity contribution in [3.63, 3.8) is 0 Å². The number of carbonyl (C=O) groups is 1. The van der Waals surface area contributed by atoms with Gasteiger partial charge >= 0.3 is 0 Å². The molecule has 2 rings (SSSR count). The van der Waals surface area contributed by atoms with Gasteiger partial charge in [0, 0.05) is 12.8 Å². The topological polar surface area (TPSA) is 29.4 Å². The molecule has 1 aliphatic carbocycles. The number of Topliss-reactive ketones (excluding diaryl/α,β-unsaturated/α-hetero) is 1. The van der Waals surface area contributed by atoms with E-state index in [-0.39, 0.29) is 17.2 Å². The molecule has 0 saturated heterocycles. The molecule has 14 heavy (non-hydrogen) atoms. The molecular weight excluding hydrogens is 198 g/mol. The zero-order valence-corrected chi connectivity index (χ0v) is 8.74. The van der Waals surface area contributed by atoms with Gasteiger partial charge in [-0.25, -0.2) is 0 Å². The van der Waals surface area contributed by atoms with Crippen LogP contribution in [-0.2, 0) is 4.79 Å². The maximum Gasteiger partial charge on any atom is 0.173 e. The van der Waals surface area contributed by atoms with E-state index in [1.165, 1.54) is 0 Å². The van der Waals surface area contributed by atoms with E-state index in [4.69, 9.17) is 11.6 Å². The number of fused-ring (bicyclic) bond motifs is 1. The van der Waals surface area contributed by atoms with Crippen molar-refractivity contribution in [3.05, 3.63) is 24.3 Å². The van der Waals surface area contributed by atoms with Crippen molar-refractivity contribution in [2.45, 2.75) is 18.8 Å². The number of hydrogen-bond donors (Lipinski definition) is 0. The third kappa shape index (κ3) is 1.67. The van der Waals surface area contributed by atoms with Gasteiger partial charge in [0.25, 0.3) is 0 Å². The lowest BCUT2D eigenvalue weighted by Crippen LogP contribution is -2.32. The molecule has 0 fully saturated rings. The summed E-state index contributed by atoms with van der Waals surface area (Å²) in [5.41, 5.74) is 0.347. The highest BCUT2D eigenvalue weighted by Crippen LogP contribution is 2.33. The lowest BCUT2D eigenvalue weighted by atomic mass is 9.81. The van der Waals surface area contributed by atoms with Crippen molar-refractivity contribution in [1.82, 2.24) is 0 Å². The highest BCUT2D eigenvalue weighted by atomic mass is 35.5. The Labute approximate surface area is 88.4 Å². The van der Waals surface area contributed by atoms with E-state index in [9.17, 15) is 4.79 Å². The van der Waals surface area contributed by atoms with Crippen molar-refractivity contribution in [3.8, 4) is 0 Å². The second-order valence-electron chi connectivity index (χ2n) is 3.72. The summed E-state index contributed by atoms with van der Waals surface area (Å²) in [6.07, 6.45) is 8.91. The van der Waals surface area contributed by atoms with Gasteiger partial charge in [-0.15, -0.1) is 0 Å². The first-order valence-electron chi connectivity index (χ1n) is 4.75. The van der Waals surface area contributed by atoms with E-state index in [0.29, 0.717) is 11.6 Å². The molecule has 74 valence electrons. The third-order valence-electron chi connectivity index (χ3n) is 2.73. The molecule has 2 nitrogen and oxygen atoms in total. The predicted molar refractivity (Wildman–Crippen MR) is 57.6 cm³/mol. The molecule has 3 unspecified atom stereocenters. The van der Waals surface area contributed by atoms with Gasteiger partial charge in [-0.2, -0.15) is 0 Å². The Morgan fingerprint density at radius 1 is 1.50 bits per heavy atom. The molecule has 0 aromatic carbocycles. The Kier molecular flexibility index (Phi) is 2.55. The fourth-order valence-corrected chi connectivity index (χ4v) is 2.30. The average molecular weight is 210 g/mol. The lowest BCUT2D eigenvalue weighted by Gasteiger charge is -2.30. The zero-order valence-electron chi connectivity index (χ0n) is 7.98. The summed E-state index contributed by atoms with van der Waals surface area (Å²) in [4.78, 5) is 15.4. The SMILES string of the molecule is CC(=O)C1=NC(Cl)C2C=CC=CC2C1. The van der Waals surface area contributed by atoms with Crippen LogP contribution in [0.3, 0.4) is 0 Å². The van der Waals surface area contributed by atoms with Crippen molar-refractivity contribution in [1.29, 1.82) is 0 Å². The summed E-state index contributed by atoms with van der Waals surface area (Å²) in [6.45, 7) is 1.55. The number of ketones is 1. The molecule has 0 aromatic rings. The number of halogens is 1. The molecule has 0 amide bonds. The van der Waals surface area contributed by atoms with Gasteiger partial charge in [0.2, 0.25) is 0 Å². The van der Waals surface area contributed by atoms with Crippen molar-refractivity contribution in [2.75, 3.05) is 0 Å². The molecular formula is C11H12ClNO. The molecule has 2 aliphatic rings. The molecule has 3 heteroatoms. The molecule has 0 N–H and O–H groups in total. The maximum atomic E-state index is 11.2. The first kappa shape index (κ1) is 9.66. The number of aliphatic imine (C=N–C) groups is 1. The number of alkyl halides is 1. The summed E-state index contributed by atoms with van der Waals surface area (Å²) in [5.74, 6) is 0.640. The van der Waals surface area contributed by atoms with E-state index >= 15 is 0 Å². The molecule has 3 atom stereocenters. The van der Waals surface area contributed by atoms with Crippen LogP contribution in [0.5, 0.6) is 0 Å². The highest BCUT2D eigenvalue weighted by Gasteiger charge is 2.32. The predicted octanol–water partition coefficient (Wildman–Crippen LogP) is 2.34. The van der Waals surface area contributed by atoms with Crippen LogP contribution in [0.2, 0.25) is 0 Å². The van der Waals surface area contributed by atoms with Crippen LogP contribution in [0, 0.1) is 11.8 Å². The summed E-state index contributed by atoms with van der Waals surface area (Å²) in [7, 11) is 0. The summed E-state index contributed by atoms with van der Waals surface area (Å²) >= 11 is 6.10. The van der Waals surface area contributed by atoms with Crippen molar-refractivity contribution in [2.24, 2.45) is 16.8 Å². The fraction of sp³-hybridized carbons (Fsp3) is 0.455. The summed E-state index contributed by atoms with van der Waals surface area (Å²) < 4.78 is 0. The third-order valence-corrected chi connectivity index (χ3v) is 3.12. The quantitative estimate of drug-likeness (QED) is 0.482. The van der Waals surface area contributed by atoms with Gasteiger partial charge in [-0.05, 0) is 12.3 Å². The molecule has 1 aliphatic heterocycles. The van der Waals surface area contributed by atoms with Crippen LogP contribution < -0.4 is 0 Å². The van der Waals surface area contributed by atoms with Crippen LogP contribution in [0.1, 0.15) is 13.3 Å².